The number of thiophene rings is 1. The van der Waals surface area contributed by atoms with E-state index in [-0.39, 0.29) is 11.4 Å². The topological polar surface area (TPSA) is 44.1 Å². The van der Waals surface area contributed by atoms with Crippen LogP contribution >= 0.6 is 11.3 Å². The van der Waals surface area contributed by atoms with Crippen LogP contribution in [-0.2, 0) is 11.3 Å². The highest BCUT2D eigenvalue weighted by molar-refractivity contribution is 7.22. The monoisotopic (exact) mass is 358 g/mol. The van der Waals surface area contributed by atoms with Crippen molar-refractivity contribution in [2.75, 3.05) is 13.2 Å². The molecule has 1 aliphatic heterocycles. The first-order valence-electron chi connectivity index (χ1n) is 8.53. The van der Waals surface area contributed by atoms with E-state index in [1.165, 1.54) is 23.5 Å². The molecule has 1 fully saturated rings. The Balaban J connectivity index is 1.59. The fourth-order valence-electron chi connectivity index (χ4n) is 3.22. The van der Waals surface area contributed by atoms with Gasteiger partial charge in [0.1, 0.15) is 10.5 Å². The molecular weight excluding hydrogens is 339 g/mol. The van der Waals surface area contributed by atoms with E-state index < -0.39 is 0 Å². The third kappa shape index (κ3) is 3.50. The molecule has 1 aliphatic rings. The van der Waals surface area contributed by atoms with Crippen molar-refractivity contribution in [3.63, 3.8) is 0 Å². The molecule has 1 atom stereocenters. The molecule has 0 spiro atoms. The average Bonchev–Trinajstić information content (AvgIpc) is 3.08. The summed E-state index contributed by atoms with van der Waals surface area (Å²) in [7, 11) is 0. The summed E-state index contributed by atoms with van der Waals surface area (Å²) in [5, 5.41) is 0. The average molecular weight is 358 g/mol. The number of halogens is 1. The molecule has 3 heterocycles. The lowest BCUT2D eigenvalue weighted by Gasteiger charge is -2.22. The van der Waals surface area contributed by atoms with E-state index in [0.29, 0.717) is 22.7 Å². The predicted octanol–water partition coefficient (Wildman–Crippen LogP) is 4.08. The van der Waals surface area contributed by atoms with Crippen molar-refractivity contribution < 1.29 is 9.13 Å². The van der Waals surface area contributed by atoms with E-state index in [9.17, 15) is 9.18 Å². The Bertz CT molecular complexity index is 927. The summed E-state index contributed by atoms with van der Waals surface area (Å²) in [6, 6.07) is 8.20. The molecule has 1 unspecified atom stereocenters. The number of aromatic nitrogens is 2. The first-order chi connectivity index (χ1) is 12.2. The largest absolute Gasteiger partial charge is 0.381 e. The maximum absolute atomic E-state index is 13.1. The van der Waals surface area contributed by atoms with Gasteiger partial charge in [0.2, 0.25) is 0 Å². The Kier molecular flexibility index (Phi) is 4.63. The van der Waals surface area contributed by atoms with Gasteiger partial charge in [0.25, 0.3) is 5.56 Å². The maximum atomic E-state index is 13.1. The minimum Gasteiger partial charge on any atom is -0.381 e. The zero-order chi connectivity index (χ0) is 17.2. The first kappa shape index (κ1) is 16.4. The van der Waals surface area contributed by atoms with Crippen molar-refractivity contribution in [3.05, 3.63) is 52.8 Å². The molecular formula is C19H19FN2O2S. The first-order valence-corrected chi connectivity index (χ1v) is 9.35. The molecule has 4 nitrogen and oxygen atoms in total. The number of hydrogen-bond donors (Lipinski definition) is 0. The molecule has 2 aromatic heterocycles. The van der Waals surface area contributed by atoms with Crippen molar-refractivity contribution in [2.45, 2.75) is 25.8 Å². The van der Waals surface area contributed by atoms with E-state index in [4.69, 9.17) is 4.74 Å². The molecule has 1 saturated heterocycles. The maximum Gasteiger partial charge on any atom is 0.271 e. The van der Waals surface area contributed by atoms with E-state index in [0.717, 1.165) is 42.9 Å². The van der Waals surface area contributed by atoms with Crippen LogP contribution in [0, 0.1) is 11.7 Å². The number of hydrogen-bond acceptors (Lipinski definition) is 4. The van der Waals surface area contributed by atoms with Gasteiger partial charge in [0, 0.05) is 24.6 Å². The minimum atomic E-state index is -0.267. The van der Waals surface area contributed by atoms with Crippen molar-refractivity contribution in [1.82, 2.24) is 9.55 Å². The fourth-order valence-corrected chi connectivity index (χ4v) is 4.28. The lowest BCUT2D eigenvalue weighted by Crippen LogP contribution is -2.24. The standard InChI is InChI=1S/C19H19FN2O2S/c20-15-5-3-14(4-6-15)17-10-16-18(25-17)19(23)22(12-21-16)8-7-13-2-1-9-24-11-13/h3-6,10,12-13H,1-2,7-9,11H2. The Morgan fingerprint density at radius 1 is 1.32 bits per heavy atom. The Morgan fingerprint density at radius 2 is 2.16 bits per heavy atom. The van der Waals surface area contributed by atoms with Gasteiger partial charge < -0.3 is 4.74 Å². The highest BCUT2D eigenvalue weighted by atomic mass is 32.1. The van der Waals surface area contributed by atoms with Gasteiger partial charge in [-0.25, -0.2) is 9.37 Å². The molecule has 0 bridgehead atoms. The molecule has 1 aromatic carbocycles. The molecule has 0 N–H and O–H groups in total. The molecule has 0 amide bonds. The lowest BCUT2D eigenvalue weighted by atomic mass is 9.99. The molecule has 3 aromatic rings. The SMILES string of the molecule is O=c1c2sc(-c3ccc(F)cc3)cc2ncn1CCC1CCCOC1. The predicted molar refractivity (Wildman–Crippen MR) is 97.4 cm³/mol. The number of rotatable bonds is 4. The van der Waals surface area contributed by atoms with Gasteiger partial charge in [-0.1, -0.05) is 12.1 Å². The third-order valence-electron chi connectivity index (χ3n) is 4.67. The second-order valence-corrected chi connectivity index (χ2v) is 7.50. The molecule has 6 heteroatoms. The summed E-state index contributed by atoms with van der Waals surface area (Å²) < 4.78 is 20.9. The zero-order valence-corrected chi connectivity index (χ0v) is 14.6. The minimum absolute atomic E-state index is 0.0000829. The molecule has 0 aliphatic carbocycles. The Labute approximate surface area is 148 Å². The van der Waals surface area contributed by atoms with Crippen molar-refractivity contribution in [3.8, 4) is 10.4 Å². The van der Waals surface area contributed by atoms with Crippen molar-refractivity contribution in [1.29, 1.82) is 0 Å². The van der Waals surface area contributed by atoms with E-state index in [1.807, 2.05) is 6.07 Å². The second kappa shape index (κ2) is 7.06. The van der Waals surface area contributed by atoms with Crippen LogP contribution < -0.4 is 5.56 Å². The van der Waals surface area contributed by atoms with Crippen LogP contribution in [0.1, 0.15) is 19.3 Å². The fraction of sp³-hybridized carbons (Fsp3) is 0.368. The van der Waals surface area contributed by atoms with Crippen LogP contribution in [0.25, 0.3) is 20.7 Å². The number of nitrogens with zero attached hydrogens (tertiary/aromatic N) is 2. The summed E-state index contributed by atoms with van der Waals surface area (Å²) in [4.78, 5) is 18.1. The van der Waals surface area contributed by atoms with E-state index in [1.54, 1.807) is 23.0 Å². The number of ether oxygens (including phenoxy) is 1. The number of aryl methyl sites for hydroxylation is 1. The summed E-state index contributed by atoms with van der Waals surface area (Å²) in [5.74, 6) is 0.256. The Morgan fingerprint density at radius 3 is 2.92 bits per heavy atom. The quantitative estimate of drug-likeness (QED) is 0.706. The van der Waals surface area contributed by atoms with Crippen molar-refractivity contribution in [2.24, 2.45) is 5.92 Å². The zero-order valence-electron chi connectivity index (χ0n) is 13.8. The molecule has 0 saturated carbocycles. The smallest absolute Gasteiger partial charge is 0.271 e. The van der Waals surface area contributed by atoms with Crippen LogP contribution in [0.2, 0.25) is 0 Å². The highest BCUT2D eigenvalue weighted by Crippen LogP contribution is 2.30. The van der Waals surface area contributed by atoms with E-state index in [2.05, 4.69) is 4.98 Å². The van der Waals surface area contributed by atoms with Crippen LogP contribution in [0.3, 0.4) is 0 Å². The molecule has 0 radical (unpaired) electrons. The van der Waals surface area contributed by atoms with Crippen LogP contribution in [0.15, 0.2) is 41.5 Å². The number of fused-ring (bicyclic) bond motifs is 1. The lowest BCUT2D eigenvalue weighted by molar-refractivity contribution is 0.0499. The second-order valence-electron chi connectivity index (χ2n) is 6.45. The summed E-state index contributed by atoms with van der Waals surface area (Å²) >= 11 is 1.42. The van der Waals surface area contributed by atoms with Crippen LogP contribution in [0.4, 0.5) is 4.39 Å². The normalized spacial score (nSPS) is 17.9. The Hall–Kier alpha value is -2.05. The van der Waals surface area contributed by atoms with Gasteiger partial charge in [0.05, 0.1) is 11.8 Å². The summed E-state index contributed by atoms with van der Waals surface area (Å²) in [6.45, 7) is 2.31. The van der Waals surface area contributed by atoms with Gasteiger partial charge in [-0.2, -0.15) is 0 Å². The van der Waals surface area contributed by atoms with Crippen LogP contribution in [-0.4, -0.2) is 22.8 Å². The van der Waals surface area contributed by atoms with Gasteiger partial charge in [-0.05, 0) is 48.9 Å². The number of benzene rings is 1. The van der Waals surface area contributed by atoms with Gasteiger partial charge in [0.15, 0.2) is 0 Å². The van der Waals surface area contributed by atoms with E-state index >= 15 is 0 Å². The van der Waals surface area contributed by atoms with Gasteiger partial charge in [-0.15, -0.1) is 11.3 Å². The van der Waals surface area contributed by atoms with Crippen molar-refractivity contribution >= 4 is 21.6 Å². The van der Waals surface area contributed by atoms with Gasteiger partial charge in [-0.3, -0.25) is 9.36 Å². The third-order valence-corrected chi connectivity index (χ3v) is 5.83. The van der Waals surface area contributed by atoms with Crippen LogP contribution in [0.5, 0.6) is 0 Å². The highest BCUT2D eigenvalue weighted by Gasteiger charge is 2.15. The summed E-state index contributed by atoms with van der Waals surface area (Å²) in [6.07, 6.45) is 4.83. The molecule has 4 rings (SSSR count). The van der Waals surface area contributed by atoms with Gasteiger partial charge >= 0.3 is 0 Å². The summed E-state index contributed by atoms with van der Waals surface area (Å²) in [5.41, 5.74) is 1.60. The molecule has 130 valence electrons. The molecule has 25 heavy (non-hydrogen) atoms.